The number of aromatic nitrogens is 3. The number of para-hydroxylation sites is 1. The quantitative estimate of drug-likeness (QED) is 0.287. The highest BCUT2D eigenvalue weighted by atomic mass is 19.4. The third-order valence-electron chi connectivity index (χ3n) is 5.49. The van der Waals surface area contributed by atoms with E-state index in [1.807, 2.05) is 19.1 Å². The van der Waals surface area contributed by atoms with Crippen LogP contribution in [0, 0.1) is 12.7 Å². The fourth-order valence-corrected chi connectivity index (χ4v) is 3.55. The third kappa shape index (κ3) is 6.33. The number of halogens is 4. The van der Waals surface area contributed by atoms with Crippen LogP contribution in [0.2, 0.25) is 0 Å². The Morgan fingerprint density at radius 2 is 1.74 bits per heavy atom. The summed E-state index contributed by atoms with van der Waals surface area (Å²) >= 11 is 0. The van der Waals surface area contributed by atoms with E-state index in [4.69, 9.17) is 0 Å². The number of carbonyl (C=O) groups excluding carboxylic acids is 2. The maximum Gasteiger partial charge on any atom is 0.416 e. The third-order valence-corrected chi connectivity index (χ3v) is 5.49. The van der Waals surface area contributed by atoms with Crippen LogP contribution in [0.3, 0.4) is 0 Å². The van der Waals surface area contributed by atoms with Crippen LogP contribution in [0.5, 0.6) is 0 Å². The van der Waals surface area contributed by atoms with Crippen molar-refractivity contribution in [3.8, 4) is 0 Å². The van der Waals surface area contributed by atoms with Crippen molar-refractivity contribution in [2.75, 3.05) is 10.6 Å². The SMILES string of the molecule is Cc1ccccc1Nc1ncc(C(=O)NCc2cnn(C)c2)cc1NC(=O)c1cc(F)cc(C(F)(F)F)c1. The molecule has 2 aromatic heterocycles. The van der Waals surface area contributed by atoms with Crippen molar-refractivity contribution in [2.24, 2.45) is 7.05 Å². The molecule has 12 heteroatoms. The number of benzene rings is 2. The molecule has 2 aromatic carbocycles. The minimum Gasteiger partial charge on any atom is -0.348 e. The number of aryl methyl sites for hydroxylation is 2. The van der Waals surface area contributed by atoms with Gasteiger partial charge in [0.2, 0.25) is 0 Å². The number of rotatable bonds is 7. The summed E-state index contributed by atoms with van der Waals surface area (Å²) in [6.07, 6.45) is -0.234. The Morgan fingerprint density at radius 1 is 0.974 bits per heavy atom. The van der Waals surface area contributed by atoms with E-state index in [0.29, 0.717) is 23.9 Å². The average Bonchev–Trinajstić information content (AvgIpc) is 3.29. The number of amides is 2. The smallest absolute Gasteiger partial charge is 0.348 e. The van der Waals surface area contributed by atoms with Crippen LogP contribution in [-0.2, 0) is 19.8 Å². The molecule has 8 nitrogen and oxygen atoms in total. The van der Waals surface area contributed by atoms with Gasteiger partial charge in [-0.05, 0) is 42.8 Å². The fraction of sp³-hybridized carbons (Fsp3) is 0.154. The molecule has 4 rings (SSSR count). The molecule has 38 heavy (non-hydrogen) atoms. The summed E-state index contributed by atoms with van der Waals surface area (Å²) in [6, 6.07) is 10.1. The molecule has 4 aromatic rings. The lowest BCUT2D eigenvalue weighted by Gasteiger charge is -2.16. The first-order valence-corrected chi connectivity index (χ1v) is 11.3. The number of hydrogen-bond acceptors (Lipinski definition) is 5. The van der Waals surface area contributed by atoms with Crippen LogP contribution in [0.25, 0.3) is 0 Å². The lowest BCUT2D eigenvalue weighted by atomic mass is 10.1. The molecule has 2 amide bonds. The Hall–Kier alpha value is -4.74. The van der Waals surface area contributed by atoms with Crippen LogP contribution in [0.1, 0.15) is 37.4 Å². The Labute approximate surface area is 214 Å². The second-order valence-corrected chi connectivity index (χ2v) is 8.45. The van der Waals surface area contributed by atoms with Crippen molar-refractivity contribution in [3.05, 3.63) is 101 Å². The van der Waals surface area contributed by atoms with Gasteiger partial charge in [0.05, 0.1) is 23.0 Å². The van der Waals surface area contributed by atoms with E-state index in [-0.39, 0.29) is 23.6 Å². The minimum atomic E-state index is -4.84. The van der Waals surface area contributed by atoms with Gasteiger partial charge in [-0.15, -0.1) is 0 Å². The summed E-state index contributed by atoms with van der Waals surface area (Å²) < 4.78 is 54.9. The van der Waals surface area contributed by atoms with Crippen molar-refractivity contribution in [1.82, 2.24) is 20.1 Å². The lowest BCUT2D eigenvalue weighted by molar-refractivity contribution is -0.137. The molecule has 0 bridgehead atoms. The minimum absolute atomic E-state index is 0.00472. The molecule has 0 unspecified atom stereocenters. The van der Waals surface area contributed by atoms with E-state index >= 15 is 0 Å². The molecule has 0 aliphatic carbocycles. The van der Waals surface area contributed by atoms with E-state index in [1.54, 1.807) is 36.3 Å². The summed E-state index contributed by atoms with van der Waals surface area (Å²) in [5.74, 6) is -2.62. The van der Waals surface area contributed by atoms with E-state index in [1.165, 1.54) is 12.3 Å². The van der Waals surface area contributed by atoms with Crippen molar-refractivity contribution < 1.29 is 27.2 Å². The van der Waals surface area contributed by atoms with Crippen LogP contribution < -0.4 is 16.0 Å². The van der Waals surface area contributed by atoms with Gasteiger partial charge in [-0.1, -0.05) is 18.2 Å². The zero-order valence-corrected chi connectivity index (χ0v) is 20.2. The molecular formula is C26H22F4N6O2. The lowest BCUT2D eigenvalue weighted by Crippen LogP contribution is -2.23. The molecular weight excluding hydrogens is 504 g/mol. The number of nitrogens with zero attached hydrogens (tertiary/aromatic N) is 3. The van der Waals surface area contributed by atoms with Gasteiger partial charge in [-0.3, -0.25) is 14.3 Å². The van der Waals surface area contributed by atoms with Gasteiger partial charge in [0, 0.05) is 42.8 Å². The van der Waals surface area contributed by atoms with E-state index in [2.05, 4.69) is 26.0 Å². The monoisotopic (exact) mass is 526 g/mol. The number of anilines is 3. The second-order valence-electron chi connectivity index (χ2n) is 8.45. The van der Waals surface area contributed by atoms with Crippen LogP contribution in [-0.4, -0.2) is 26.6 Å². The summed E-state index contributed by atoms with van der Waals surface area (Å²) in [7, 11) is 1.74. The average molecular weight is 526 g/mol. The maximum absolute atomic E-state index is 13.9. The predicted octanol–water partition coefficient (Wildman–Crippen LogP) is 5.21. The standard InChI is InChI=1S/C26H22F4N6O2/c1-15-5-3-4-6-21(15)34-23-22(35-25(38)17-7-19(26(28,29)30)10-20(27)8-17)9-18(13-31-23)24(37)32-11-16-12-33-36(2)14-16/h3-10,12-14H,11H2,1-2H3,(H,31,34)(H,32,37)(H,35,38). The highest BCUT2D eigenvalue weighted by Gasteiger charge is 2.32. The molecule has 0 saturated carbocycles. The van der Waals surface area contributed by atoms with Crippen molar-refractivity contribution >= 4 is 29.0 Å². The number of hydrogen-bond donors (Lipinski definition) is 3. The zero-order valence-electron chi connectivity index (χ0n) is 20.2. The van der Waals surface area contributed by atoms with Crippen LogP contribution in [0.15, 0.2) is 67.1 Å². The molecule has 2 heterocycles. The molecule has 0 fully saturated rings. The molecule has 0 spiro atoms. The number of alkyl halides is 3. The number of pyridine rings is 1. The summed E-state index contributed by atoms with van der Waals surface area (Å²) in [4.78, 5) is 29.9. The van der Waals surface area contributed by atoms with Crippen LogP contribution in [0.4, 0.5) is 34.8 Å². The van der Waals surface area contributed by atoms with Gasteiger partial charge < -0.3 is 16.0 Å². The number of carbonyl (C=O) groups is 2. The molecule has 0 radical (unpaired) electrons. The fourth-order valence-electron chi connectivity index (χ4n) is 3.55. The molecule has 0 aliphatic heterocycles. The molecule has 196 valence electrons. The Balaban J connectivity index is 1.64. The molecule has 0 saturated heterocycles. The topological polar surface area (TPSA) is 101 Å². The highest BCUT2D eigenvalue weighted by molar-refractivity contribution is 6.07. The van der Waals surface area contributed by atoms with Gasteiger partial charge in [0.1, 0.15) is 5.82 Å². The second kappa shape index (κ2) is 10.7. The predicted molar refractivity (Wildman–Crippen MR) is 132 cm³/mol. The Morgan fingerprint density at radius 3 is 2.42 bits per heavy atom. The van der Waals surface area contributed by atoms with Crippen molar-refractivity contribution in [1.29, 1.82) is 0 Å². The maximum atomic E-state index is 13.9. The van der Waals surface area contributed by atoms with Gasteiger partial charge in [0.25, 0.3) is 11.8 Å². The molecule has 0 aliphatic rings. The summed E-state index contributed by atoms with van der Waals surface area (Å²) in [6.45, 7) is 2.02. The molecule has 0 atom stereocenters. The Bertz CT molecular complexity index is 1500. The van der Waals surface area contributed by atoms with E-state index < -0.39 is 34.9 Å². The van der Waals surface area contributed by atoms with E-state index in [9.17, 15) is 27.2 Å². The van der Waals surface area contributed by atoms with Gasteiger partial charge in [-0.25, -0.2) is 9.37 Å². The normalized spacial score (nSPS) is 11.2. The van der Waals surface area contributed by atoms with Crippen molar-refractivity contribution in [3.63, 3.8) is 0 Å². The first-order chi connectivity index (χ1) is 18.0. The van der Waals surface area contributed by atoms with Gasteiger partial charge in [0.15, 0.2) is 5.82 Å². The van der Waals surface area contributed by atoms with Crippen molar-refractivity contribution in [2.45, 2.75) is 19.6 Å². The van der Waals surface area contributed by atoms with Gasteiger partial charge >= 0.3 is 6.18 Å². The Kier molecular flexibility index (Phi) is 7.42. The summed E-state index contributed by atoms with van der Waals surface area (Å²) in [5.41, 5.74) is 0.485. The largest absolute Gasteiger partial charge is 0.416 e. The first kappa shape index (κ1) is 26.3. The first-order valence-electron chi connectivity index (χ1n) is 11.3. The van der Waals surface area contributed by atoms with Crippen LogP contribution >= 0.6 is 0 Å². The highest BCUT2D eigenvalue weighted by Crippen LogP contribution is 2.31. The van der Waals surface area contributed by atoms with E-state index in [0.717, 1.165) is 11.1 Å². The van der Waals surface area contributed by atoms with Gasteiger partial charge in [-0.2, -0.15) is 18.3 Å². The zero-order chi connectivity index (χ0) is 27.4. The summed E-state index contributed by atoms with van der Waals surface area (Å²) in [5, 5.41) is 12.2. The molecule has 3 N–H and O–H groups in total. The number of nitrogens with one attached hydrogen (secondary N) is 3.